The highest BCUT2D eigenvalue weighted by molar-refractivity contribution is 8.05. The molecular formula is C18H28S. The van der Waals surface area contributed by atoms with Crippen LogP contribution in [0.5, 0.6) is 0 Å². The van der Waals surface area contributed by atoms with Gasteiger partial charge in [0.15, 0.2) is 0 Å². The molecule has 0 aromatic carbocycles. The topological polar surface area (TPSA) is 0 Å². The van der Waals surface area contributed by atoms with Crippen LogP contribution in [0.15, 0.2) is 45.9 Å². The first kappa shape index (κ1) is 16.4. The zero-order valence-electron chi connectivity index (χ0n) is 13.4. The second-order valence-corrected chi connectivity index (χ2v) is 7.68. The largest absolute Gasteiger partial charge is 0.115 e. The van der Waals surface area contributed by atoms with Gasteiger partial charge in [-0.3, -0.25) is 0 Å². The maximum atomic E-state index is 4.15. The van der Waals surface area contributed by atoms with E-state index in [2.05, 4.69) is 60.3 Å². The molecule has 0 saturated heterocycles. The number of hydrogen-bond acceptors (Lipinski definition) is 1. The van der Waals surface area contributed by atoms with E-state index in [-0.39, 0.29) is 4.75 Å². The third-order valence-corrected chi connectivity index (χ3v) is 5.53. The quantitative estimate of drug-likeness (QED) is 0.522. The smallest absolute Gasteiger partial charge is 0.0424 e. The summed E-state index contributed by atoms with van der Waals surface area (Å²) in [4.78, 5) is 1.25. The molecule has 1 heterocycles. The number of thioether (sulfide) groups is 1. The third-order valence-electron chi connectivity index (χ3n) is 4.05. The molecule has 1 unspecified atom stereocenters. The minimum atomic E-state index is 0.221. The summed E-state index contributed by atoms with van der Waals surface area (Å²) in [6.45, 7) is 17.5. The summed E-state index contributed by atoms with van der Waals surface area (Å²) < 4.78 is 0.221. The Morgan fingerprint density at radius 1 is 1.21 bits per heavy atom. The predicted molar refractivity (Wildman–Crippen MR) is 90.5 cm³/mol. The van der Waals surface area contributed by atoms with Gasteiger partial charge in [-0.15, -0.1) is 11.8 Å². The molecule has 1 heteroatoms. The van der Waals surface area contributed by atoms with Crippen molar-refractivity contribution in [3.05, 3.63) is 45.9 Å². The number of hydrogen-bond donors (Lipinski definition) is 0. The molecular weight excluding hydrogens is 248 g/mol. The van der Waals surface area contributed by atoms with Crippen molar-refractivity contribution in [2.75, 3.05) is 0 Å². The standard InChI is InChI=1S/C18H28S/c1-13(2)9-8-10-14(3)11-12-18(7)16(5)15(4)17(6)19-18/h9,11H,6,8,10,12H2,1-5,7H3/b14-11+. The van der Waals surface area contributed by atoms with Crippen LogP contribution in [0.3, 0.4) is 0 Å². The van der Waals surface area contributed by atoms with E-state index in [0.29, 0.717) is 0 Å². The molecule has 106 valence electrons. The lowest BCUT2D eigenvalue weighted by Gasteiger charge is -2.24. The second-order valence-electron chi connectivity index (χ2n) is 6.08. The Labute approximate surface area is 123 Å². The Kier molecular flexibility index (Phi) is 5.73. The van der Waals surface area contributed by atoms with Gasteiger partial charge in [-0.05, 0) is 66.4 Å². The lowest BCUT2D eigenvalue weighted by Crippen LogP contribution is -2.17. The molecule has 1 aliphatic heterocycles. The summed E-state index contributed by atoms with van der Waals surface area (Å²) in [7, 11) is 0. The van der Waals surface area contributed by atoms with Gasteiger partial charge >= 0.3 is 0 Å². The van der Waals surface area contributed by atoms with E-state index < -0.39 is 0 Å². The summed E-state index contributed by atoms with van der Waals surface area (Å²) in [6.07, 6.45) is 8.19. The van der Waals surface area contributed by atoms with Crippen LogP contribution in [0.4, 0.5) is 0 Å². The van der Waals surface area contributed by atoms with E-state index in [1.54, 1.807) is 0 Å². The molecule has 0 spiro atoms. The van der Waals surface area contributed by atoms with Gasteiger partial charge in [0.1, 0.15) is 0 Å². The summed E-state index contributed by atoms with van der Waals surface area (Å²) in [6, 6.07) is 0. The van der Waals surface area contributed by atoms with Crippen molar-refractivity contribution in [2.45, 2.75) is 65.6 Å². The molecule has 1 atom stereocenters. The highest BCUT2D eigenvalue weighted by Crippen LogP contribution is 2.50. The molecule has 0 fully saturated rings. The van der Waals surface area contributed by atoms with E-state index in [9.17, 15) is 0 Å². The Balaban J connectivity index is 2.61. The SMILES string of the molecule is C=C1SC(C)(C/C=C(\C)CCC=C(C)C)C(C)=C1C. The summed E-state index contributed by atoms with van der Waals surface area (Å²) >= 11 is 1.93. The van der Waals surface area contributed by atoms with E-state index in [0.717, 1.165) is 12.8 Å². The fourth-order valence-corrected chi connectivity index (χ4v) is 3.61. The lowest BCUT2D eigenvalue weighted by atomic mass is 9.93. The molecule has 0 aromatic rings. The zero-order chi connectivity index (χ0) is 14.6. The van der Waals surface area contributed by atoms with Gasteiger partial charge in [-0.1, -0.05) is 35.5 Å². The van der Waals surface area contributed by atoms with Gasteiger partial charge in [0.2, 0.25) is 0 Å². The Morgan fingerprint density at radius 2 is 1.84 bits per heavy atom. The summed E-state index contributed by atoms with van der Waals surface area (Å²) in [5, 5.41) is 0. The Morgan fingerprint density at radius 3 is 2.32 bits per heavy atom. The Bertz CT molecular complexity index is 444. The number of rotatable bonds is 5. The highest BCUT2D eigenvalue weighted by atomic mass is 32.2. The molecule has 19 heavy (non-hydrogen) atoms. The summed E-state index contributed by atoms with van der Waals surface area (Å²) in [5.74, 6) is 0. The fourth-order valence-electron chi connectivity index (χ4n) is 2.29. The van der Waals surface area contributed by atoms with Crippen molar-refractivity contribution in [2.24, 2.45) is 0 Å². The first-order valence-electron chi connectivity index (χ1n) is 7.11. The zero-order valence-corrected chi connectivity index (χ0v) is 14.2. The van der Waals surface area contributed by atoms with Crippen molar-refractivity contribution in [1.29, 1.82) is 0 Å². The molecule has 0 saturated carbocycles. The Hall–Kier alpha value is -0.690. The van der Waals surface area contributed by atoms with Crippen LogP contribution < -0.4 is 0 Å². The van der Waals surface area contributed by atoms with E-state index in [4.69, 9.17) is 0 Å². The van der Waals surface area contributed by atoms with Crippen LogP contribution in [0, 0.1) is 0 Å². The fraction of sp³-hybridized carbons (Fsp3) is 0.556. The molecule has 1 aliphatic rings. The van der Waals surface area contributed by atoms with Crippen LogP contribution in [0.25, 0.3) is 0 Å². The molecule has 0 N–H and O–H groups in total. The average molecular weight is 276 g/mol. The first-order valence-corrected chi connectivity index (χ1v) is 7.93. The highest BCUT2D eigenvalue weighted by Gasteiger charge is 2.34. The van der Waals surface area contributed by atoms with Crippen LogP contribution in [-0.4, -0.2) is 4.75 Å². The molecule has 0 radical (unpaired) electrons. The second kappa shape index (κ2) is 6.65. The molecule has 0 aliphatic carbocycles. The van der Waals surface area contributed by atoms with E-state index in [1.165, 1.54) is 33.6 Å². The number of allylic oxidation sites excluding steroid dienone is 5. The maximum absolute atomic E-state index is 4.15. The maximum Gasteiger partial charge on any atom is 0.0424 e. The van der Waals surface area contributed by atoms with Crippen molar-refractivity contribution >= 4 is 11.8 Å². The monoisotopic (exact) mass is 276 g/mol. The normalized spacial score (nSPS) is 24.1. The van der Waals surface area contributed by atoms with Crippen LogP contribution in [0.1, 0.15) is 60.8 Å². The van der Waals surface area contributed by atoms with Crippen molar-refractivity contribution < 1.29 is 0 Å². The lowest BCUT2D eigenvalue weighted by molar-refractivity contribution is 0.752. The molecule has 1 rings (SSSR count). The first-order chi connectivity index (χ1) is 8.76. The van der Waals surface area contributed by atoms with Crippen LogP contribution >= 0.6 is 11.8 Å². The molecule has 0 aromatic heterocycles. The van der Waals surface area contributed by atoms with Gasteiger partial charge in [0, 0.05) is 9.65 Å². The van der Waals surface area contributed by atoms with Gasteiger partial charge in [-0.25, -0.2) is 0 Å². The van der Waals surface area contributed by atoms with E-state index in [1.807, 2.05) is 11.8 Å². The summed E-state index contributed by atoms with van der Waals surface area (Å²) in [5.41, 5.74) is 5.80. The predicted octanol–water partition coefficient (Wildman–Crippen LogP) is 6.42. The van der Waals surface area contributed by atoms with Crippen molar-refractivity contribution in [1.82, 2.24) is 0 Å². The molecule has 0 amide bonds. The van der Waals surface area contributed by atoms with Gasteiger partial charge in [-0.2, -0.15) is 0 Å². The van der Waals surface area contributed by atoms with Crippen molar-refractivity contribution in [3.63, 3.8) is 0 Å². The van der Waals surface area contributed by atoms with Crippen molar-refractivity contribution in [3.8, 4) is 0 Å². The van der Waals surface area contributed by atoms with Gasteiger partial charge in [0.05, 0.1) is 0 Å². The van der Waals surface area contributed by atoms with Crippen LogP contribution in [0.2, 0.25) is 0 Å². The third kappa shape index (κ3) is 4.42. The van der Waals surface area contributed by atoms with Crippen LogP contribution in [-0.2, 0) is 0 Å². The minimum absolute atomic E-state index is 0.221. The average Bonchev–Trinajstić information content (AvgIpc) is 2.51. The minimum Gasteiger partial charge on any atom is -0.115 e. The van der Waals surface area contributed by atoms with Gasteiger partial charge in [0.25, 0.3) is 0 Å². The van der Waals surface area contributed by atoms with E-state index >= 15 is 0 Å². The van der Waals surface area contributed by atoms with Gasteiger partial charge < -0.3 is 0 Å². The molecule has 0 bridgehead atoms. The molecule has 0 nitrogen and oxygen atoms in total.